The van der Waals surface area contributed by atoms with Gasteiger partial charge in [0.2, 0.25) is 0 Å². The molecule has 3 nitrogen and oxygen atoms in total. The summed E-state index contributed by atoms with van der Waals surface area (Å²) in [6.45, 7) is 0.330. The Morgan fingerprint density at radius 2 is 1.95 bits per heavy atom. The molecule has 0 aromatic heterocycles. The minimum absolute atomic E-state index is 0.280. The molecule has 0 bridgehead atoms. The number of hydrogen-bond acceptors (Lipinski definition) is 3. The van der Waals surface area contributed by atoms with Crippen molar-refractivity contribution in [2.75, 3.05) is 6.61 Å². The lowest BCUT2D eigenvalue weighted by Gasteiger charge is -2.28. The van der Waals surface area contributed by atoms with Crippen LogP contribution >= 0.6 is 0 Å². The molecule has 0 aliphatic heterocycles. The smallest absolute Gasteiger partial charge is 0.144 e. The third kappa shape index (κ3) is 2.87. The van der Waals surface area contributed by atoms with Crippen molar-refractivity contribution in [3.05, 3.63) is 30.1 Å². The Bertz CT molecular complexity index is 488. The van der Waals surface area contributed by atoms with Crippen LogP contribution in [0.3, 0.4) is 0 Å². The molecular weight excluding hydrogens is 243 g/mol. The van der Waals surface area contributed by atoms with E-state index in [4.69, 9.17) is 4.74 Å². The third-order valence-corrected chi connectivity index (χ3v) is 3.79. The fourth-order valence-corrected chi connectivity index (χ4v) is 2.33. The summed E-state index contributed by atoms with van der Waals surface area (Å²) in [7, 11) is 0. The molecule has 0 heterocycles. The van der Waals surface area contributed by atoms with Gasteiger partial charge in [0, 0.05) is 6.04 Å². The molecule has 2 aliphatic rings. The standard InChI is InChI=1S/C15H17FN2O/c16-12-3-7-14(8-4-12)19-10-15(9-17,11-1-2-11)18-13-5-6-13/h3-4,7-8,11,13,18H,1-2,5-6,10H2. The van der Waals surface area contributed by atoms with Crippen LogP contribution < -0.4 is 10.1 Å². The number of nitriles is 1. The van der Waals surface area contributed by atoms with E-state index in [0.717, 1.165) is 25.7 Å². The summed E-state index contributed by atoms with van der Waals surface area (Å²) in [4.78, 5) is 0. The van der Waals surface area contributed by atoms with Crippen LogP contribution in [0.15, 0.2) is 24.3 Å². The van der Waals surface area contributed by atoms with Gasteiger partial charge in [0.25, 0.3) is 0 Å². The molecule has 19 heavy (non-hydrogen) atoms. The molecule has 0 radical (unpaired) electrons. The second-order valence-electron chi connectivity index (χ2n) is 5.52. The maximum Gasteiger partial charge on any atom is 0.144 e. The lowest BCUT2D eigenvalue weighted by molar-refractivity contribution is 0.200. The van der Waals surface area contributed by atoms with Crippen LogP contribution in [0.5, 0.6) is 5.75 Å². The van der Waals surface area contributed by atoms with Gasteiger partial charge in [0.1, 0.15) is 23.7 Å². The quantitative estimate of drug-likeness (QED) is 0.855. The van der Waals surface area contributed by atoms with Crippen LogP contribution in [-0.4, -0.2) is 18.2 Å². The van der Waals surface area contributed by atoms with Crippen LogP contribution in [-0.2, 0) is 0 Å². The monoisotopic (exact) mass is 260 g/mol. The summed E-state index contributed by atoms with van der Waals surface area (Å²) in [5.41, 5.74) is -0.574. The van der Waals surface area contributed by atoms with E-state index in [1.165, 1.54) is 12.1 Å². The largest absolute Gasteiger partial charge is 0.491 e. The van der Waals surface area contributed by atoms with Crippen molar-refractivity contribution in [3.8, 4) is 11.8 Å². The first-order valence-electron chi connectivity index (χ1n) is 6.79. The minimum atomic E-state index is -0.574. The lowest BCUT2D eigenvalue weighted by Crippen LogP contribution is -2.52. The van der Waals surface area contributed by atoms with Gasteiger partial charge in [-0.05, 0) is 55.9 Å². The first-order chi connectivity index (χ1) is 9.22. The topological polar surface area (TPSA) is 45.0 Å². The molecule has 0 amide bonds. The maximum absolute atomic E-state index is 12.8. The van der Waals surface area contributed by atoms with E-state index in [-0.39, 0.29) is 5.82 Å². The van der Waals surface area contributed by atoms with Crippen LogP contribution in [0.25, 0.3) is 0 Å². The Labute approximate surface area is 112 Å². The zero-order valence-corrected chi connectivity index (χ0v) is 10.7. The summed E-state index contributed by atoms with van der Waals surface area (Å²) < 4.78 is 18.5. The molecule has 4 heteroatoms. The summed E-state index contributed by atoms with van der Waals surface area (Å²) in [5.74, 6) is 0.718. The second-order valence-corrected chi connectivity index (χ2v) is 5.52. The van der Waals surface area contributed by atoms with Crippen LogP contribution in [0.4, 0.5) is 4.39 Å². The van der Waals surface area contributed by atoms with E-state index in [0.29, 0.717) is 24.3 Å². The number of nitrogens with zero attached hydrogens (tertiary/aromatic N) is 1. The van der Waals surface area contributed by atoms with E-state index in [9.17, 15) is 9.65 Å². The molecule has 2 aliphatic carbocycles. The number of halogens is 1. The second kappa shape index (κ2) is 4.82. The predicted octanol–water partition coefficient (Wildman–Crippen LogP) is 2.63. The van der Waals surface area contributed by atoms with Gasteiger partial charge in [0.15, 0.2) is 0 Å². The Kier molecular flexibility index (Phi) is 3.16. The number of ether oxygens (including phenoxy) is 1. The summed E-state index contributed by atoms with van der Waals surface area (Å²) >= 11 is 0. The Hall–Kier alpha value is -1.60. The van der Waals surface area contributed by atoms with Crippen molar-refractivity contribution in [1.82, 2.24) is 5.32 Å². The number of benzene rings is 1. The van der Waals surface area contributed by atoms with Crippen LogP contribution in [0.2, 0.25) is 0 Å². The highest BCUT2D eigenvalue weighted by molar-refractivity contribution is 5.24. The minimum Gasteiger partial charge on any atom is -0.491 e. The maximum atomic E-state index is 12.8. The van der Waals surface area contributed by atoms with E-state index in [1.54, 1.807) is 12.1 Å². The zero-order chi connectivity index (χ0) is 13.3. The number of hydrogen-bond donors (Lipinski definition) is 1. The van der Waals surface area contributed by atoms with E-state index in [1.807, 2.05) is 0 Å². The van der Waals surface area contributed by atoms with Crippen LogP contribution in [0.1, 0.15) is 25.7 Å². The molecule has 100 valence electrons. The molecule has 1 aromatic rings. The lowest BCUT2D eigenvalue weighted by atomic mass is 9.96. The summed E-state index contributed by atoms with van der Waals surface area (Å²) in [6, 6.07) is 8.83. The molecule has 1 N–H and O–H groups in total. The molecular formula is C15H17FN2O. The highest BCUT2D eigenvalue weighted by Gasteiger charge is 2.49. The van der Waals surface area contributed by atoms with Crippen molar-refractivity contribution in [1.29, 1.82) is 5.26 Å². The Morgan fingerprint density at radius 3 is 2.47 bits per heavy atom. The predicted molar refractivity (Wildman–Crippen MR) is 69.1 cm³/mol. The van der Waals surface area contributed by atoms with Crippen LogP contribution in [0, 0.1) is 23.1 Å². The van der Waals surface area contributed by atoms with Gasteiger partial charge in [-0.1, -0.05) is 0 Å². The first kappa shape index (κ1) is 12.4. The van der Waals surface area contributed by atoms with Gasteiger partial charge in [0.05, 0.1) is 6.07 Å². The molecule has 1 atom stereocenters. The normalized spacial score (nSPS) is 21.5. The average molecular weight is 260 g/mol. The molecule has 3 rings (SSSR count). The van der Waals surface area contributed by atoms with E-state index >= 15 is 0 Å². The molecule has 0 saturated heterocycles. The van der Waals surface area contributed by atoms with Gasteiger partial charge in [-0.3, -0.25) is 5.32 Å². The van der Waals surface area contributed by atoms with E-state index in [2.05, 4.69) is 11.4 Å². The third-order valence-electron chi connectivity index (χ3n) is 3.79. The van der Waals surface area contributed by atoms with Crippen molar-refractivity contribution in [3.63, 3.8) is 0 Å². The molecule has 2 fully saturated rings. The van der Waals surface area contributed by atoms with Gasteiger partial charge < -0.3 is 4.74 Å². The summed E-state index contributed by atoms with van der Waals surface area (Å²) in [5, 5.41) is 13.0. The SMILES string of the molecule is N#CC(COc1ccc(F)cc1)(NC1CC1)C1CC1. The molecule has 2 saturated carbocycles. The fraction of sp³-hybridized carbons (Fsp3) is 0.533. The van der Waals surface area contributed by atoms with Gasteiger partial charge in [-0.2, -0.15) is 5.26 Å². The van der Waals surface area contributed by atoms with Gasteiger partial charge in [-0.25, -0.2) is 4.39 Å². The molecule has 0 spiro atoms. The highest BCUT2D eigenvalue weighted by atomic mass is 19.1. The van der Waals surface area contributed by atoms with Crippen molar-refractivity contribution < 1.29 is 9.13 Å². The zero-order valence-electron chi connectivity index (χ0n) is 10.7. The van der Waals surface area contributed by atoms with Crippen molar-refractivity contribution >= 4 is 0 Å². The number of nitrogens with one attached hydrogen (secondary N) is 1. The van der Waals surface area contributed by atoms with Crippen molar-refractivity contribution in [2.24, 2.45) is 5.92 Å². The molecule has 1 unspecified atom stereocenters. The first-order valence-corrected chi connectivity index (χ1v) is 6.79. The fourth-order valence-electron chi connectivity index (χ4n) is 2.33. The summed E-state index contributed by atoms with van der Waals surface area (Å²) in [6.07, 6.45) is 4.46. The van der Waals surface area contributed by atoms with Crippen molar-refractivity contribution in [2.45, 2.75) is 37.3 Å². The Balaban J connectivity index is 1.67. The highest BCUT2D eigenvalue weighted by Crippen LogP contribution is 2.41. The molecule has 1 aromatic carbocycles. The Morgan fingerprint density at radius 1 is 1.26 bits per heavy atom. The van der Waals surface area contributed by atoms with Gasteiger partial charge in [-0.15, -0.1) is 0 Å². The average Bonchev–Trinajstić information content (AvgIpc) is 3.28. The van der Waals surface area contributed by atoms with E-state index < -0.39 is 5.54 Å². The number of rotatable bonds is 6. The van der Waals surface area contributed by atoms with Gasteiger partial charge >= 0.3 is 0 Å².